The number of amidine groups is 1. The van der Waals surface area contributed by atoms with Crippen molar-refractivity contribution in [1.29, 1.82) is 0 Å². The third-order valence-corrected chi connectivity index (χ3v) is 3.24. The van der Waals surface area contributed by atoms with Crippen molar-refractivity contribution in [3.8, 4) is 0 Å². The Morgan fingerprint density at radius 1 is 1.56 bits per heavy atom. The number of aliphatic carboxylic acids is 1. The van der Waals surface area contributed by atoms with E-state index in [1.54, 1.807) is 11.9 Å². The van der Waals surface area contributed by atoms with E-state index < -0.39 is 12.0 Å². The fourth-order valence-electron chi connectivity index (χ4n) is 2.31. The van der Waals surface area contributed by atoms with Crippen LogP contribution in [0.1, 0.15) is 17.9 Å². The predicted molar refractivity (Wildman–Crippen MR) is 67.0 cm³/mol. The molecule has 1 aromatic carbocycles. The van der Waals surface area contributed by atoms with Crippen LogP contribution in [0.2, 0.25) is 0 Å². The van der Waals surface area contributed by atoms with Gasteiger partial charge in [0, 0.05) is 18.7 Å². The van der Waals surface area contributed by atoms with Gasteiger partial charge in [0.15, 0.2) is 5.84 Å². The van der Waals surface area contributed by atoms with Gasteiger partial charge in [0.2, 0.25) is 0 Å². The Kier molecular flexibility index (Phi) is 3.20. The molecule has 6 heteroatoms. The zero-order valence-corrected chi connectivity index (χ0v) is 9.95. The van der Waals surface area contributed by atoms with Gasteiger partial charge in [-0.05, 0) is 18.1 Å². The molecule has 2 atom stereocenters. The van der Waals surface area contributed by atoms with Crippen LogP contribution in [0.4, 0.5) is 5.69 Å². The SMILES string of the molecule is CN1/C(=N\O)C(CC(N)C(=O)O)c2ccccc21. The zero-order valence-electron chi connectivity index (χ0n) is 9.95. The van der Waals surface area contributed by atoms with Crippen molar-refractivity contribution >= 4 is 17.5 Å². The van der Waals surface area contributed by atoms with E-state index in [9.17, 15) is 4.79 Å². The maximum atomic E-state index is 10.8. The molecule has 1 heterocycles. The lowest BCUT2D eigenvalue weighted by molar-refractivity contribution is -0.138. The van der Waals surface area contributed by atoms with Crippen LogP contribution in [0.25, 0.3) is 0 Å². The standard InChI is InChI=1S/C12H15N3O3/c1-15-10-5-3-2-4-7(10)8(11(15)14-18)6-9(13)12(16)17/h2-5,8-9,18H,6,13H2,1H3,(H,16,17)/b14-11-. The molecule has 0 spiro atoms. The first-order valence-corrected chi connectivity index (χ1v) is 5.59. The van der Waals surface area contributed by atoms with Gasteiger partial charge < -0.3 is 20.9 Å². The number of carbonyl (C=O) groups is 1. The fraction of sp³-hybridized carbons (Fsp3) is 0.333. The lowest BCUT2D eigenvalue weighted by Crippen LogP contribution is -2.34. The molecule has 6 nitrogen and oxygen atoms in total. The molecule has 1 aromatic rings. The van der Waals surface area contributed by atoms with Crippen LogP contribution in [0, 0.1) is 0 Å². The summed E-state index contributed by atoms with van der Waals surface area (Å²) in [5.41, 5.74) is 7.41. The minimum Gasteiger partial charge on any atom is -0.480 e. The van der Waals surface area contributed by atoms with Gasteiger partial charge in [-0.2, -0.15) is 0 Å². The second kappa shape index (κ2) is 4.66. The Morgan fingerprint density at radius 2 is 2.22 bits per heavy atom. The van der Waals surface area contributed by atoms with Crippen molar-refractivity contribution in [2.45, 2.75) is 18.4 Å². The Labute approximate surface area is 104 Å². The van der Waals surface area contributed by atoms with E-state index in [1.807, 2.05) is 24.3 Å². The molecule has 4 N–H and O–H groups in total. The van der Waals surface area contributed by atoms with E-state index in [4.69, 9.17) is 16.0 Å². The monoisotopic (exact) mass is 249 g/mol. The first-order valence-electron chi connectivity index (χ1n) is 5.59. The molecule has 0 aliphatic carbocycles. The average molecular weight is 249 g/mol. The molecule has 0 radical (unpaired) electrons. The van der Waals surface area contributed by atoms with Crippen LogP contribution in [0.5, 0.6) is 0 Å². The van der Waals surface area contributed by atoms with Gasteiger partial charge >= 0.3 is 5.97 Å². The largest absolute Gasteiger partial charge is 0.480 e. The van der Waals surface area contributed by atoms with E-state index in [0.717, 1.165) is 11.3 Å². The van der Waals surface area contributed by atoms with Crippen LogP contribution in [0.3, 0.4) is 0 Å². The highest BCUT2D eigenvalue weighted by atomic mass is 16.4. The molecule has 96 valence electrons. The van der Waals surface area contributed by atoms with Crippen LogP contribution in [-0.2, 0) is 4.79 Å². The van der Waals surface area contributed by atoms with Crippen molar-refractivity contribution in [3.63, 3.8) is 0 Å². The summed E-state index contributed by atoms with van der Waals surface area (Å²) in [6.07, 6.45) is 0.204. The van der Waals surface area contributed by atoms with Gasteiger partial charge in [-0.1, -0.05) is 23.4 Å². The molecule has 0 fully saturated rings. The maximum Gasteiger partial charge on any atom is 0.320 e. The average Bonchev–Trinajstić information content (AvgIpc) is 2.63. The highest BCUT2D eigenvalue weighted by Gasteiger charge is 2.35. The highest BCUT2D eigenvalue weighted by Crippen LogP contribution is 2.39. The number of likely N-dealkylation sites (N-methyl/N-ethyl adjacent to an activating group) is 1. The Hall–Kier alpha value is -2.08. The number of fused-ring (bicyclic) bond motifs is 1. The molecular weight excluding hydrogens is 234 g/mol. The Morgan fingerprint density at radius 3 is 2.83 bits per heavy atom. The number of benzene rings is 1. The number of carboxylic acids is 1. The van der Waals surface area contributed by atoms with Crippen molar-refractivity contribution in [2.24, 2.45) is 10.9 Å². The summed E-state index contributed by atoms with van der Waals surface area (Å²) in [4.78, 5) is 12.6. The smallest absolute Gasteiger partial charge is 0.320 e. The van der Waals surface area contributed by atoms with Gasteiger partial charge in [-0.25, -0.2) is 0 Å². The normalized spacial score (nSPS) is 22.0. The zero-order chi connectivity index (χ0) is 13.3. The third-order valence-electron chi connectivity index (χ3n) is 3.24. The van der Waals surface area contributed by atoms with Gasteiger partial charge in [-0.15, -0.1) is 0 Å². The van der Waals surface area contributed by atoms with E-state index in [1.165, 1.54) is 0 Å². The number of hydrogen-bond acceptors (Lipinski definition) is 4. The van der Waals surface area contributed by atoms with Crippen LogP contribution < -0.4 is 10.6 Å². The van der Waals surface area contributed by atoms with E-state index in [2.05, 4.69) is 5.16 Å². The number of nitrogens with two attached hydrogens (primary N) is 1. The molecule has 1 aliphatic heterocycles. The highest BCUT2D eigenvalue weighted by molar-refractivity contribution is 6.08. The van der Waals surface area contributed by atoms with Crippen LogP contribution >= 0.6 is 0 Å². The summed E-state index contributed by atoms with van der Waals surface area (Å²) >= 11 is 0. The predicted octanol–water partition coefficient (Wildman–Crippen LogP) is 0.810. The molecule has 2 rings (SSSR count). The lowest BCUT2D eigenvalue weighted by atomic mass is 9.93. The number of para-hydroxylation sites is 1. The quantitative estimate of drug-likeness (QED) is 0.544. The van der Waals surface area contributed by atoms with Gasteiger partial charge in [0.05, 0.1) is 0 Å². The first-order chi connectivity index (χ1) is 8.56. The molecular formula is C12H15N3O3. The molecule has 1 aliphatic rings. The summed E-state index contributed by atoms with van der Waals surface area (Å²) in [6, 6.07) is 6.55. The van der Waals surface area contributed by atoms with Gasteiger partial charge in [0.25, 0.3) is 0 Å². The van der Waals surface area contributed by atoms with E-state index in [0.29, 0.717) is 5.84 Å². The van der Waals surface area contributed by atoms with Gasteiger partial charge in [-0.3, -0.25) is 4.79 Å². The molecule has 18 heavy (non-hydrogen) atoms. The minimum atomic E-state index is -1.06. The maximum absolute atomic E-state index is 10.8. The van der Waals surface area contributed by atoms with Crippen molar-refractivity contribution in [3.05, 3.63) is 29.8 Å². The van der Waals surface area contributed by atoms with Crippen molar-refractivity contribution < 1.29 is 15.1 Å². The number of carboxylic acid groups (broad SMARTS) is 1. The summed E-state index contributed by atoms with van der Waals surface area (Å²) in [5, 5.41) is 21.2. The van der Waals surface area contributed by atoms with Crippen molar-refractivity contribution in [2.75, 3.05) is 11.9 Å². The molecule has 0 saturated carbocycles. The summed E-state index contributed by atoms with van der Waals surface area (Å²) in [7, 11) is 1.78. The summed E-state index contributed by atoms with van der Waals surface area (Å²) < 4.78 is 0. The summed E-state index contributed by atoms with van der Waals surface area (Å²) in [6.45, 7) is 0. The Bertz CT molecular complexity index is 501. The molecule has 0 saturated heterocycles. The molecule has 2 unspecified atom stereocenters. The topological polar surface area (TPSA) is 99.1 Å². The van der Waals surface area contributed by atoms with Crippen LogP contribution in [0.15, 0.2) is 29.4 Å². The van der Waals surface area contributed by atoms with Crippen LogP contribution in [-0.4, -0.2) is 35.2 Å². The number of oxime groups is 1. The second-order valence-corrected chi connectivity index (χ2v) is 4.31. The van der Waals surface area contributed by atoms with Crippen molar-refractivity contribution in [1.82, 2.24) is 0 Å². The number of rotatable bonds is 3. The number of anilines is 1. The fourth-order valence-corrected chi connectivity index (χ4v) is 2.31. The third kappa shape index (κ3) is 1.91. The molecule has 0 bridgehead atoms. The molecule has 0 aromatic heterocycles. The van der Waals surface area contributed by atoms with E-state index >= 15 is 0 Å². The molecule has 0 amide bonds. The summed E-state index contributed by atoms with van der Waals surface area (Å²) in [5.74, 6) is -0.922. The number of nitrogens with zero attached hydrogens (tertiary/aromatic N) is 2. The van der Waals surface area contributed by atoms with E-state index in [-0.39, 0.29) is 12.3 Å². The van der Waals surface area contributed by atoms with Gasteiger partial charge in [0.1, 0.15) is 6.04 Å². The second-order valence-electron chi connectivity index (χ2n) is 4.31. The lowest BCUT2D eigenvalue weighted by Gasteiger charge is -2.16. The number of hydrogen-bond donors (Lipinski definition) is 3. The minimum absolute atomic E-state index is 0.204. The first kappa shape index (κ1) is 12.4. The Balaban J connectivity index is 2.36.